The lowest BCUT2D eigenvalue weighted by Crippen LogP contribution is -2.52. The molecule has 2 N–H and O–H groups in total. The summed E-state index contributed by atoms with van der Waals surface area (Å²) in [5.41, 5.74) is 10.5. The zero-order chi connectivity index (χ0) is 14.2. The van der Waals surface area contributed by atoms with E-state index in [1.165, 1.54) is 20.5 Å². The van der Waals surface area contributed by atoms with E-state index < -0.39 is 0 Å². The molecule has 0 saturated carbocycles. The maximum Gasteiger partial charge on any atom is 0.0701 e. The summed E-state index contributed by atoms with van der Waals surface area (Å²) in [4.78, 5) is 2.43. The summed E-state index contributed by atoms with van der Waals surface area (Å²) >= 11 is 5.28. The summed E-state index contributed by atoms with van der Waals surface area (Å²) in [7, 11) is 2.20. The van der Waals surface area contributed by atoms with Gasteiger partial charge in [0.15, 0.2) is 0 Å². The lowest BCUT2D eigenvalue weighted by atomic mass is 9.93. The summed E-state index contributed by atoms with van der Waals surface area (Å²) in [6.07, 6.45) is 2.11. The van der Waals surface area contributed by atoms with Crippen molar-refractivity contribution in [3.05, 3.63) is 56.2 Å². The molecule has 1 aliphatic carbocycles. The molecule has 0 radical (unpaired) electrons. The predicted octanol–water partition coefficient (Wildman–Crippen LogP) is 3.44. The number of benzene rings is 1. The van der Waals surface area contributed by atoms with Gasteiger partial charge < -0.3 is 5.73 Å². The molecule has 0 amide bonds. The van der Waals surface area contributed by atoms with E-state index in [9.17, 15) is 0 Å². The highest BCUT2D eigenvalue weighted by molar-refractivity contribution is 9.11. The fourth-order valence-electron chi connectivity index (χ4n) is 3.11. The first-order valence-corrected chi connectivity index (χ1v) is 8.51. The monoisotopic (exact) mass is 350 g/mol. The lowest BCUT2D eigenvalue weighted by molar-refractivity contribution is 0.128. The highest BCUT2D eigenvalue weighted by atomic mass is 79.9. The number of likely N-dealkylation sites (N-methyl/N-ethyl adjacent to an activating group) is 1. The largest absolute Gasteiger partial charge is 0.329 e. The Labute approximate surface area is 132 Å². The van der Waals surface area contributed by atoms with Crippen LogP contribution in [0, 0.1) is 0 Å². The van der Waals surface area contributed by atoms with Gasteiger partial charge in [-0.25, -0.2) is 0 Å². The molecular weight excluding hydrogens is 332 g/mol. The van der Waals surface area contributed by atoms with E-state index in [1.807, 2.05) is 0 Å². The van der Waals surface area contributed by atoms with E-state index in [1.54, 1.807) is 11.3 Å². The Balaban J connectivity index is 1.80. The quantitative estimate of drug-likeness (QED) is 0.914. The van der Waals surface area contributed by atoms with Gasteiger partial charge in [-0.3, -0.25) is 4.90 Å². The average molecular weight is 351 g/mol. The van der Waals surface area contributed by atoms with Gasteiger partial charge in [0.2, 0.25) is 0 Å². The zero-order valence-corrected chi connectivity index (χ0v) is 14.0. The number of nitrogens with zero attached hydrogens (tertiary/aromatic N) is 1. The Morgan fingerprint density at radius 3 is 2.45 bits per heavy atom. The SMILES string of the molecule is CN(Cc1csc(Br)c1)C1(CN)Cc2ccccc2C1. The second-order valence-electron chi connectivity index (χ2n) is 5.67. The second-order valence-corrected chi connectivity index (χ2v) is 7.96. The van der Waals surface area contributed by atoms with E-state index >= 15 is 0 Å². The van der Waals surface area contributed by atoms with Crippen LogP contribution in [-0.2, 0) is 19.4 Å². The van der Waals surface area contributed by atoms with Crippen LogP contribution in [0.15, 0.2) is 39.5 Å². The fraction of sp³-hybridized carbons (Fsp3) is 0.375. The first kappa shape index (κ1) is 14.3. The minimum absolute atomic E-state index is 0.0676. The van der Waals surface area contributed by atoms with Gasteiger partial charge in [0, 0.05) is 18.6 Å². The number of hydrogen-bond donors (Lipinski definition) is 1. The van der Waals surface area contributed by atoms with Crippen LogP contribution in [0.1, 0.15) is 16.7 Å². The van der Waals surface area contributed by atoms with Crippen molar-refractivity contribution in [2.45, 2.75) is 24.9 Å². The molecule has 0 saturated heterocycles. The summed E-state index contributed by atoms with van der Waals surface area (Å²) < 4.78 is 1.19. The number of thiophene rings is 1. The standard InChI is InChI=1S/C16H19BrN2S/c1-19(9-12-6-15(17)20-10-12)16(11-18)7-13-4-2-3-5-14(13)8-16/h2-6,10H,7-9,11,18H2,1H3. The van der Waals surface area contributed by atoms with Gasteiger partial charge in [-0.15, -0.1) is 11.3 Å². The minimum atomic E-state index is 0.0676. The van der Waals surface area contributed by atoms with E-state index in [2.05, 4.69) is 63.6 Å². The Morgan fingerprint density at radius 1 is 1.30 bits per heavy atom. The molecule has 1 aromatic carbocycles. The van der Waals surface area contributed by atoms with Gasteiger partial charge in [-0.1, -0.05) is 24.3 Å². The molecule has 1 aliphatic rings. The van der Waals surface area contributed by atoms with Gasteiger partial charge >= 0.3 is 0 Å². The Bertz CT molecular complexity index is 583. The van der Waals surface area contributed by atoms with Crippen LogP contribution >= 0.6 is 27.3 Å². The minimum Gasteiger partial charge on any atom is -0.329 e. The molecule has 20 heavy (non-hydrogen) atoms. The third-order valence-electron chi connectivity index (χ3n) is 4.39. The van der Waals surface area contributed by atoms with Crippen LogP contribution in [0.3, 0.4) is 0 Å². The van der Waals surface area contributed by atoms with E-state index in [0.717, 1.165) is 19.4 Å². The number of nitrogens with two attached hydrogens (primary N) is 1. The number of fused-ring (bicyclic) bond motifs is 1. The van der Waals surface area contributed by atoms with E-state index in [0.29, 0.717) is 6.54 Å². The summed E-state index contributed by atoms with van der Waals surface area (Å²) in [6, 6.07) is 10.9. The third kappa shape index (κ3) is 2.58. The van der Waals surface area contributed by atoms with Crippen LogP contribution in [0.5, 0.6) is 0 Å². The van der Waals surface area contributed by atoms with Crippen molar-refractivity contribution in [3.8, 4) is 0 Å². The van der Waals surface area contributed by atoms with Gasteiger partial charge in [0.05, 0.1) is 3.79 Å². The van der Waals surface area contributed by atoms with Crippen LogP contribution in [0.4, 0.5) is 0 Å². The molecule has 2 nitrogen and oxygen atoms in total. The zero-order valence-electron chi connectivity index (χ0n) is 11.6. The number of halogens is 1. The molecular formula is C16H19BrN2S. The highest BCUT2D eigenvalue weighted by Gasteiger charge is 2.39. The molecule has 0 atom stereocenters. The predicted molar refractivity (Wildman–Crippen MR) is 89.1 cm³/mol. The molecule has 0 unspecified atom stereocenters. The molecule has 1 aromatic heterocycles. The summed E-state index contributed by atoms with van der Waals surface area (Å²) in [5.74, 6) is 0. The van der Waals surface area contributed by atoms with Crippen LogP contribution < -0.4 is 5.73 Å². The summed E-state index contributed by atoms with van der Waals surface area (Å²) in [6.45, 7) is 1.65. The van der Waals surface area contributed by atoms with Gasteiger partial charge in [-0.05, 0) is 64.0 Å². The van der Waals surface area contributed by atoms with Crippen LogP contribution in [0.25, 0.3) is 0 Å². The highest BCUT2D eigenvalue weighted by Crippen LogP contribution is 2.34. The van der Waals surface area contributed by atoms with Crippen molar-refractivity contribution in [1.82, 2.24) is 4.90 Å². The van der Waals surface area contributed by atoms with Crippen molar-refractivity contribution in [3.63, 3.8) is 0 Å². The van der Waals surface area contributed by atoms with Crippen molar-refractivity contribution >= 4 is 27.3 Å². The maximum atomic E-state index is 6.16. The van der Waals surface area contributed by atoms with Gasteiger partial charge in [0.1, 0.15) is 0 Å². The molecule has 1 heterocycles. The fourth-order valence-corrected chi connectivity index (χ4v) is 4.31. The Morgan fingerprint density at radius 2 is 1.95 bits per heavy atom. The van der Waals surface area contributed by atoms with E-state index in [-0.39, 0.29) is 5.54 Å². The topological polar surface area (TPSA) is 29.3 Å². The average Bonchev–Trinajstić information content (AvgIpc) is 3.02. The molecule has 0 bridgehead atoms. The smallest absolute Gasteiger partial charge is 0.0701 e. The van der Waals surface area contributed by atoms with Gasteiger partial charge in [0.25, 0.3) is 0 Å². The Hall–Kier alpha value is -0.680. The first-order valence-electron chi connectivity index (χ1n) is 6.84. The maximum absolute atomic E-state index is 6.16. The molecule has 0 spiro atoms. The van der Waals surface area contributed by atoms with Crippen molar-refractivity contribution in [1.29, 1.82) is 0 Å². The molecule has 4 heteroatoms. The third-order valence-corrected chi connectivity index (χ3v) is 5.94. The van der Waals surface area contributed by atoms with E-state index in [4.69, 9.17) is 5.73 Å². The van der Waals surface area contributed by atoms with Crippen LogP contribution in [0.2, 0.25) is 0 Å². The number of hydrogen-bond acceptors (Lipinski definition) is 3. The summed E-state index contributed by atoms with van der Waals surface area (Å²) in [5, 5.41) is 2.22. The molecule has 0 aliphatic heterocycles. The van der Waals surface area contributed by atoms with Crippen molar-refractivity contribution < 1.29 is 0 Å². The molecule has 3 rings (SSSR count). The molecule has 0 fully saturated rings. The first-order chi connectivity index (χ1) is 9.63. The second kappa shape index (κ2) is 5.60. The normalized spacial score (nSPS) is 16.6. The van der Waals surface area contributed by atoms with Crippen molar-refractivity contribution in [2.24, 2.45) is 5.73 Å². The Kier molecular flexibility index (Phi) is 4.00. The van der Waals surface area contributed by atoms with Gasteiger partial charge in [-0.2, -0.15) is 0 Å². The van der Waals surface area contributed by atoms with Crippen LogP contribution in [-0.4, -0.2) is 24.0 Å². The lowest BCUT2D eigenvalue weighted by Gasteiger charge is -2.38. The molecule has 2 aromatic rings. The van der Waals surface area contributed by atoms with Crippen molar-refractivity contribution in [2.75, 3.05) is 13.6 Å². The number of rotatable bonds is 4. The molecule has 106 valence electrons.